The summed E-state index contributed by atoms with van der Waals surface area (Å²) in [6.45, 7) is 2.10. The Hall–Kier alpha value is -1.33. The van der Waals surface area contributed by atoms with Crippen molar-refractivity contribution in [2.45, 2.75) is 38.3 Å². The van der Waals surface area contributed by atoms with Crippen molar-refractivity contribution in [1.29, 1.82) is 5.26 Å². The van der Waals surface area contributed by atoms with Gasteiger partial charge >= 0.3 is 0 Å². The zero-order valence-electron chi connectivity index (χ0n) is 9.83. The highest BCUT2D eigenvalue weighted by Crippen LogP contribution is 2.44. The molecule has 2 heteroatoms. The number of benzene rings is 1. The van der Waals surface area contributed by atoms with Crippen molar-refractivity contribution in [3.05, 3.63) is 34.4 Å². The molecule has 2 aliphatic heterocycles. The van der Waals surface area contributed by atoms with Crippen LogP contribution in [0, 0.1) is 18.3 Å². The molecule has 82 valence electrons. The van der Waals surface area contributed by atoms with Gasteiger partial charge in [-0.05, 0) is 56.0 Å². The lowest BCUT2D eigenvalue weighted by Gasteiger charge is -2.34. The van der Waals surface area contributed by atoms with Crippen LogP contribution in [0.15, 0.2) is 12.1 Å². The first-order chi connectivity index (χ1) is 7.72. The molecule has 1 aromatic rings. The predicted molar refractivity (Wildman–Crippen MR) is 63.1 cm³/mol. The Balaban J connectivity index is 2.20. The summed E-state index contributed by atoms with van der Waals surface area (Å²) in [5.74, 6) is 0. The highest BCUT2D eigenvalue weighted by molar-refractivity contribution is 5.49. The minimum Gasteiger partial charge on any atom is -0.296 e. The van der Waals surface area contributed by atoms with Gasteiger partial charge in [-0.1, -0.05) is 6.07 Å². The summed E-state index contributed by atoms with van der Waals surface area (Å²) in [6.07, 6.45) is 3.72. The molecule has 2 nitrogen and oxygen atoms in total. The van der Waals surface area contributed by atoms with Gasteiger partial charge < -0.3 is 0 Å². The van der Waals surface area contributed by atoms with E-state index in [1.165, 1.54) is 29.5 Å². The number of likely N-dealkylation sites (N-methyl/N-ethyl adjacent to an activating group) is 1. The second kappa shape index (κ2) is 3.33. The topological polar surface area (TPSA) is 27.0 Å². The molecule has 0 spiro atoms. The fraction of sp³-hybridized carbons (Fsp3) is 0.500. The molecule has 0 saturated carbocycles. The van der Waals surface area contributed by atoms with Gasteiger partial charge in [0.2, 0.25) is 0 Å². The van der Waals surface area contributed by atoms with Gasteiger partial charge in [0.25, 0.3) is 0 Å². The second-order valence-corrected chi connectivity index (χ2v) is 5.04. The highest BCUT2D eigenvalue weighted by atomic mass is 15.2. The minimum atomic E-state index is 0.557. The van der Waals surface area contributed by atoms with Gasteiger partial charge in [-0.25, -0.2) is 0 Å². The maximum absolute atomic E-state index is 9.09. The van der Waals surface area contributed by atoms with E-state index in [1.807, 2.05) is 6.07 Å². The largest absolute Gasteiger partial charge is 0.296 e. The van der Waals surface area contributed by atoms with Crippen LogP contribution in [0.1, 0.15) is 41.1 Å². The molecule has 0 aromatic heterocycles. The molecule has 3 rings (SSSR count). The Morgan fingerprint density at radius 1 is 1.38 bits per heavy atom. The van der Waals surface area contributed by atoms with Crippen LogP contribution in [-0.2, 0) is 6.42 Å². The summed E-state index contributed by atoms with van der Waals surface area (Å²) in [6, 6.07) is 7.74. The van der Waals surface area contributed by atoms with E-state index < -0.39 is 0 Å². The quantitative estimate of drug-likeness (QED) is 0.661. The third-order valence-corrected chi connectivity index (χ3v) is 4.36. The first kappa shape index (κ1) is 9.86. The molecule has 1 aromatic carbocycles. The molecule has 2 heterocycles. The lowest BCUT2D eigenvalue weighted by molar-refractivity contribution is 0.224. The minimum absolute atomic E-state index is 0.557. The number of hydrogen-bond acceptors (Lipinski definition) is 2. The molecule has 1 saturated heterocycles. The zero-order chi connectivity index (χ0) is 11.3. The third kappa shape index (κ3) is 1.15. The van der Waals surface area contributed by atoms with Crippen molar-refractivity contribution in [2.24, 2.45) is 0 Å². The van der Waals surface area contributed by atoms with Crippen molar-refractivity contribution in [1.82, 2.24) is 4.90 Å². The van der Waals surface area contributed by atoms with E-state index in [1.54, 1.807) is 0 Å². The average Bonchev–Trinajstić information content (AvgIpc) is 2.52. The number of fused-ring (bicyclic) bond motifs is 4. The molecular weight excluding hydrogens is 196 g/mol. The molecule has 1 fully saturated rings. The fourth-order valence-corrected chi connectivity index (χ4v) is 3.41. The average molecular weight is 212 g/mol. The summed E-state index contributed by atoms with van der Waals surface area (Å²) < 4.78 is 0. The Bertz CT molecular complexity index is 484. The first-order valence-corrected chi connectivity index (χ1v) is 5.96. The molecule has 0 N–H and O–H groups in total. The lowest BCUT2D eigenvalue weighted by atomic mass is 9.88. The van der Waals surface area contributed by atoms with Gasteiger partial charge in [0, 0.05) is 12.1 Å². The van der Waals surface area contributed by atoms with E-state index in [0.29, 0.717) is 6.04 Å². The van der Waals surface area contributed by atoms with Crippen LogP contribution in [0.3, 0.4) is 0 Å². The molecule has 2 unspecified atom stereocenters. The summed E-state index contributed by atoms with van der Waals surface area (Å²) in [5.41, 5.74) is 4.96. The van der Waals surface area contributed by atoms with Crippen molar-refractivity contribution >= 4 is 0 Å². The summed E-state index contributed by atoms with van der Waals surface area (Å²) >= 11 is 0. The van der Waals surface area contributed by atoms with Crippen LogP contribution in [0.4, 0.5) is 0 Å². The van der Waals surface area contributed by atoms with Crippen molar-refractivity contribution in [2.75, 3.05) is 7.05 Å². The van der Waals surface area contributed by atoms with Gasteiger partial charge in [-0.3, -0.25) is 4.90 Å². The van der Waals surface area contributed by atoms with Crippen molar-refractivity contribution in [3.63, 3.8) is 0 Å². The number of nitrogens with zero attached hydrogens (tertiary/aromatic N) is 2. The van der Waals surface area contributed by atoms with Gasteiger partial charge in [0.05, 0.1) is 11.6 Å². The summed E-state index contributed by atoms with van der Waals surface area (Å²) in [7, 11) is 2.23. The molecule has 0 radical (unpaired) electrons. The SMILES string of the molecule is Cc1c(C#N)ccc2c1C1CCC(C2)N1C. The third-order valence-electron chi connectivity index (χ3n) is 4.36. The molecule has 2 aliphatic rings. The van der Waals surface area contributed by atoms with Gasteiger partial charge in [-0.2, -0.15) is 5.26 Å². The number of rotatable bonds is 0. The van der Waals surface area contributed by atoms with Crippen LogP contribution in [0.5, 0.6) is 0 Å². The van der Waals surface area contributed by atoms with Crippen LogP contribution < -0.4 is 0 Å². The van der Waals surface area contributed by atoms with Gasteiger partial charge in [0.1, 0.15) is 0 Å². The molecule has 2 bridgehead atoms. The maximum Gasteiger partial charge on any atom is 0.0994 e. The van der Waals surface area contributed by atoms with Crippen molar-refractivity contribution < 1.29 is 0 Å². The number of nitriles is 1. The summed E-state index contributed by atoms with van der Waals surface area (Å²) in [5, 5.41) is 9.09. The lowest BCUT2D eigenvalue weighted by Crippen LogP contribution is -2.34. The van der Waals surface area contributed by atoms with Crippen LogP contribution in [-0.4, -0.2) is 18.0 Å². The smallest absolute Gasteiger partial charge is 0.0994 e. The predicted octanol–water partition coefficient (Wildman–Crippen LogP) is 2.56. The molecule has 0 aliphatic carbocycles. The first-order valence-electron chi connectivity index (χ1n) is 5.96. The molecular formula is C14H16N2. The van der Waals surface area contributed by atoms with Crippen LogP contribution in [0.25, 0.3) is 0 Å². The van der Waals surface area contributed by atoms with E-state index in [9.17, 15) is 0 Å². The van der Waals surface area contributed by atoms with E-state index in [0.717, 1.165) is 18.0 Å². The second-order valence-electron chi connectivity index (χ2n) is 5.04. The maximum atomic E-state index is 9.09. The Kier molecular flexibility index (Phi) is 2.05. The highest BCUT2D eigenvalue weighted by Gasteiger charge is 2.38. The number of hydrogen-bond donors (Lipinski definition) is 0. The Morgan fingerprint density at radius 3 is 2.94 bits per heavy atom. The van der Waals surface area contributed by atoms with Gasteiger partial charge in [0.15, 0.2) is 0 Å². The van der Waals surface area contributed by atoms with Crippen molar-refractivity contribution in [3.8, 4) is 6.07 Å². The monoisotopic (exact) mass is 212 g/mol. The van der Waals surface area contributed by atoms with E-state index in [-0.39, 0.29) is 0 Å². The Labute approximate surface area is 96.5 Å². The van der Waals surface area contributed by atoms with E-state index in [2.05, 4.69) is 31.0 Å². The standard InChI is InChI=1S/C14H16N2/c1-9-11(8-15)4-3-10-7-12-5-6-13(14(9)10)16(12)2/h3-4,12-13H,5-7H2,1-2H3. The van der Waals surface area contributed by atoms with E-state index >= 15 is 0 Å². The fourth-order valence-electron chi connectivity index (χ4n) is 3.41. The van der Waals surface area contributed by atoms with Crippen LogP contribution in [0.2, 0.25) is 0 Å². The normalized spacial score (nSPS) is 27.6. The zero-order valence-corrected chi connectivity index (χ0v) is 9.83. The molecule has 2 atom stereocenters. The molecule has 0 amide bonds. The van der Waals surface area contributed by atoms with Crippen LogP contribution >= 0.6 is 0 Å². The molecule has 16 heavy (non-hydrogen) atoms. The van der Waals surface area contributed by atoms with E-state index in [4.69, 9.17) is 5.26 Å². The van der Waals surface area contributed by atoms with Gasteiger partial charge in [-0.15, -0.1) is 0 Å². The summed E-state index contributed by atoms with van der Waals surface area (Å²) in [4.78, 5) is 2.50. The Morgan fingerprint density at radius 2 is 2.19 bits per heavy atom.